The van der Waals surface area contributed by atoms with Gasteiger partial charge < -0.3 is 5.32 Å². The predicted octanol–water partition coefficient (Wildman–Crippen LogP) is 2.85. The van der Waals surface area contributed by atoms with Gasteiger partial charge in [0.1, 0.15) is 11.5 Å². The number of halogens is 2. The van der Waals surface area contributed by atoms with E-state index in [0.29, 0.717) is 11.5 Å². The number of aromatic nitrogens is 3. The molecule has 0 unspecified atom stereocenters. The predicted molar refractivity (Wildman–Crippen MR) is 71.7 cm³/mol. The highest BCUT2D eigenvalue weighted by Gasteiger charge is 2.11. The fourth-order valence-corrected chi connectivity index (χ4v) is 1.76. The van der Waals surface area contributed by atoms with E-state index in [2.05, 4.69) is 36.2 Å². The number of carbonyl (C=O) groups excluding carboxylic acids is 1. The van der Waals surface area contributed by atoms with E-state index in [1.54, 1.807) is 19.2 Å². The maximum Gasteiger partial charge on any atom is 0.274 e. The van der Waals surface area contributed by atoms with Crippen molar-refractivity contribution in [3.05, 3.63) is 45.7 Å². The Labute approximate surface area is 117 Å². The molecule has 0 aliphatic rings. The van der Waals surface area contributed by atoms with E-state index in [1.165, 1.54) is 12.3 Å². The molecule has 0 saturated carbocycles. The second-order valence-corrected chi connectivity index (χ2v) is 4.71. The Kier molecular flexibility index (Phi) is 3.88. The Morgan fingerprint density at radius 3 is 2.94 bits per heavy atom. The van der Waals surface area contributed by atoms with Crippen molar-refractivity contribution in [2.75, 3.05) is 5.32 Å². The minimum absolute atomic E-state index is 0.220. The number of anilines is 1. The fourth-order valence-electron chi connectivity index (χ4n) is 1.28. The molecule has 0 saturated heterocycles. The standard InChI is InChI=1S/C11H8BrClN4O/c1-6-14-3-2-8(16-6)11(18)17-9-4-7(12)5-15-10(9)13/h2-5H,1H3,(H,17,18). The van der Waals surface area contributed by atoms with Crippen LogP contribution in [0.5, 0.6) is 0 Å². The molecule has 92 valence electrons. The topological polar surface area (TPSA) is 67.8 Å². The van der Waals surface area contributed by atoms with E-state index in [9.17, 15) is 4.79 Å². The SMILES string of the molecule is Cc1nccc(C(=O)Nc2cc(Br)cnc2Cl)n1. The van der Waals surface area contributed by atoms with Crippen molar-refractivity contribution in [2.24, 2.45) is 0 Å². The molecule has 2 aromatic heterocycles. The summed E-state index contributed by atoms with van der Waals surface area (Å²) in [6.07, 6.45) is 3.07. The summed E-state index contributed by atoms with van der Waals surface area (Å²) >= 11 is 9.14. The lowest BCUT2D eigenvalue weighted by molar-refractivity contribution is 0.102. The molecule has 7 heteroatoms. The summed E-state index contributed by atoms with van der Waals surface area (Å²) in [5, 5.41) is 2.86. The number of amides is 1. The van der Waals surface area contributed by atoms with Crippen molar-refractivity contribution < 1.29 is 4.79 Å². The molecule has 0 fully saturated rings. The van der Waals surface area contributed by atoms with Gasteiger partial charge in [0.15, 0.2) is 5.15 Å². The number of rotatable bonds is 2. The molecule has 0 aromatic carbocycles. The lowest BCUT2D eigenvalue weighted by Gasteiger charge is -2.06. The first-order valence-electron chi connectivity index (χ1n) is 4.98. The zero-order chi connectivity index (χ0) is 13.1. The van der Waals surface area contributed by atoms with Crippen LogP contribution in [0.15, 0.2) is 29.0 Å². The van der Waals surface area contributed by atoms with E-state index < -0.39 is 0 Å². The molecule has 0 radical (unpaired) electrons. The molecule has 0 spiro atoms. The Bertz CT molecular complexity index is 605. The average molecular weight is 328 g/mol. The number of nitrogens with zero attached hydrogens (tertiary/aromatic N) is 3. The molecule has 1 amide bonds. The van der Waals surface area contributed by atoms with E-state index in [-0.39, 0.29) is 16.8 Å². The summed E-state index contributed by atoms with van der Waals surface area (Å²) in [6.45, 7) is 1.71. The Morgan fingerprint density at radius 1 is 1.44 bits per heavy atom. The van der Waals surface area contributed by atoms with Gasteiger partial charge in [0.05, 0.1) is 5.69 Å². The van der Waals surface area contributed by atoms with Crippen LogP contribution in [-0.4, -0.2) is 20.9 Å². The Morgan fingerprint density at radius 2 is 2.22 bits per heavy atom. The number of carbonyl (C=O) groups is 1. The summed E-state index contributed by atoms with van der Waals surface area (Å²) in [4.78, 5) is 23.8. The minimum atomic E-state index is -0.359. The largest absolute Gasteiger partial charge is 0.318 e. The first kappa shape index (κ1) is 12.9. The van der Waals surface area contributed by atoms with Crippen LogP contribution in [0.25, 0.3) is 0 Å². The second kappa shape index (κ2) is 5.41. The van der Waals surface area contributed by atoms with Gasteiger partial charge in [-0.05, 0) is 35.0 Å². The maximum absolute atomic E-state index is 11.9. The summed E-state index contributed by atoms with van der Waals surface area (Å²) < 4.78 is 0.723. The van der Waals surface area contributed by atoms with Gasteiger partial charge in [-0.2, -0.15) is 0 Å². The van der Waals surface area contributed by atoms with E-state index >= 15 is 0 Å². The van der Waals surface area contributed by atoms with Crippen LogP contribution >= 0.6 is 27.5 Å². The number of hydrogen-bond acceptors (Lipinski definition) is 4. The van der Waals surface area contributed by atoms with Crippen LogP contribution in [0.4, 0.5) is 5.69 Å². The van der Waals surface area contributed by atoms with Crippen molar-refractivity contribution >= 4 is 39.1 Å². The van der Waals surface area contributed by atoms with Crippen molar-refractivity contribution in [2.45, 2.75) is 6.92 Å². The van der Waals surface area contributed by atoms with Gasteiger partial charge in [0.25, 0.3) is 5.91 Å². The quantitative estimate of drug-likeness (QED) is 0.861. The van der Waals surface area contributed by atoms with Crippen LogP contribution in [0.3, 0.4) is 0 Å². The van der Waals surface area contributed by atoms with Crippen molar-refractivity contribution in [3.63, 3.8) is 0 Å². The molecular formula is C11H8BrClN4O. The lowest BCUT2D eigenvalue weighted by Crippen LogP contribution is -2.15. The van der Waals surface area contributed by atoms with Crippen LogP contribution < -0.4 is 5.32 Å². The van der Waals surface area contributed by atoms with Gasteiger partial charge in [-0.3, -0.25) is 4.79 Å². The molecule has 2 rings (SSSR count). The third kappa shape index (κ3) is 3.02. The second-order valence-electron chi connectivity index (χ2n) is 3.44. The highest BCUT2D eigenvalue weighted by atomic mass is 79.9. The van der Waals surface area contributed by atoms with Crippen LogP contribution in [0.1, 0.15) is 16.3 Å². The minimum Gasteiger partial charge on any atom is -0.318 e. The van der Waals surface area contributed by atoms with E-state index in [1.807, 2.05) is 0 Å². The average Bonchev–Trinajstić information content (AvgIpc) is 2.34. The Balaban J connectivity index is 2.24. The molecule has 0 aliphatic carbocycles. The molecule has 18 heavy (non-hydrogen) atoms. The Hall–Kier alpha value is -1.53. The van der Waals surface area contributed by atoms with Gasteiger partial charge in [-0.1, -0.05) is 11.6 Å². The molecule has 0 bridgehead atoms. The molecule has 1 N–H and O–H groups in total. The molecule has 2 heterocycles. The zero-order valence-electron chi connectivity index (χ0n) is 9.32. The van der Waals surface area contributed by atoms with Gasteiger partial charge in [0, 0.05) is 16.9 Å². The van der Waals surface area contributed by atoms with Crippen molar-refractivity contribution in [1.29, 1.82) is 0 Å². The van der Waals surface area contributed by atoms with E-state index in [0.717, 1.165) is 4.47 Å². The van der Waals surface area contributed by atoms with Crippen LogP contribution in [0.2, 0.25) is 5.15 Å². The van der Waals surface area contributed by atoms with Gasteiger partial charge in [-0.25, -0.2) is 15.0 Å². The smallest absolute Gasteiger partial charge is 0.274 e. The van der Waals surface area contributed by atoms with Gasteiger partial charge in [0.2, 0.25) is 0 Å². The lowest BCUT2D eigenvalue weighted by atomic mass is 10.3. The number of hydrogen-bond donors (Lipinski definition) is 1. The first-order chi connectivity index (χ1) is 8.56. The normalized spacial score (nSPS) is 10.2. The zero-order valence-corrected chi connectivity index (χ0v) is 11.7. The summed E-state index contributed by atoms with van der Waals surface area (Å²) in [7, 11) is 0. The summed E-state index contributed by atoms with van der Waals surface area (Å²) in [5.41, 5.74) is 0.700. The maximum atomic E-state index is 11.9. The monoisotopic (exact) mass is 326 g/mol. The number of nitrogens with one attached hydrogen (secondary N) is 1. The van der Waals surface area contributed by atoms with Crippen molar-refractivity contribution in [1.82, 2.24) is 15.0 Å². The molecule has 2 aromatic rings. The van der Waals surface area contributed by atoms with Gasteiger partial charge in [-0.15, -0.1) is 0 Å². The van der Waals surface area contributed by atoms with Crippen LogP contribution in [-0.2, 0) is 0 Å². The van der Waals surface area contributed by atoms with Crippen LogP contribution in [0, 0.1) is 6.92 Å². The van der Waals surface area contributed by atoms with Crippen molar-refractivity contribution in [3.8, 4) is 0 Å². The highest BCUT2D eigenvalue weighted by molar-refractivity contribution is 9.10. The number of aryl methyl sites for hydroxylation is 1. The summed E-state index contributed by atoms with van der Waals surface area (Å²) in [5.74, 6) is 0.170. The fraction of sp³-hybridized carbons (Fsp3) is 0.0909. The summed E-state index contributed by atoms with van der Waals surface area (Å²) in [6, 6.07) is 3.20. The number of pyridine rings is 1. The first-order valence-corrected chi connectivity index (χ1v) is 6.15. The highest BCUT2D eigenvalue weighted by Crippen LogP contribution is 2.23. The third-order valence-corrected chi connectivity index (χ3v) is 2.80. The third-order valence-electron chi connectivity index (χ3n) is 2.06. The van der Waals surface area contributed by atoms with E-state index in [4.69, 9.17) is 11.6 Å². The molecule has 0 atom stereocenters. The van der Waals surface area contributed by atoms with Gasteiger partial charge >= 0.3 is 0 Å². The molecular weight excluding hydrogens is 320 g/mol. The molecule has 5 nitrogen and oxygen atoms in total. The molecule has 0 aliphatic heterocycles.